The van der Waals surface area contributed by atoms with E-state index in [1.807, 2.05) is 0 Å². The van der Waals surface area contributed by atoms with Crippen molar-refractivity contribution in [2.75, 3.05) is 0 Å². The molecular formula is C25H34IPSi2. The van der Waals surface area contributed by atoms with Crippen LogP contribution in [0.5, 0.6) is 0 Å². The van der Waals surface area contributed by atoms with Crippen LogP contribution in [0.2, 0.25) is 39.3 Å². The first kappa shape index (κ1) is 22.9. The van der Waals surface area contributed by atoms with Gasteiger partial charge in [0.15, 0.2) is 0 Å². The Morgan fingerprint density at radius 2 is 0.759 bits per heavy atom. The van der Waals surface area contributed by atoms with E-state index in [9.17, 15) is 0 Å². The zero-order valence-corrected chi connectivity index (χ0v) is 23.6. The summed E-state index contributed by atoms with van der Waals surface area (Å²) in [5, 5.41) is 4.60. The molecule has 0 saturated carbocycles. The Morgan fingerprint density at radius 1 is 0.517 bits per heavy atom. The summed E-state index contributed by atoms with van der Waals surface area (Å²) >= 11 is 3.02. The van der Waals surface area contributed by atoms with Crippen molar-refractivity contribution in [3.8, 4) is 0 Å². The monoisotopic (exact) mass is 548 g/mol. The molecule has 0 aliphatic carbocycles. The van der Waals surface area contributed by atoms with Gasteiger partial charge >= 0.3 is 194 Å². The fourth-order valence-corrected chi connectivity index (χ4v) is 52.5. The Kier molecular flexibility index (Phi) is 6.38. The summed E-state index contributed by atoms with van der Waals surface area (Å²) in [5.41, 5.74) is 0. The van der Waals surface area contributed by atoms with Crippen molar-refractivity contribution in [1.29, 1.82) is 0 Å². The Bertz CT molecular complexity index is 831. The fraction of sp³-hybridized carbons (Fsp3) is 0.280. The molecule has 0 saturated heterocycles. The van der Waals surface area contributed by atoms with Crippen LogP contribution in [0.1, 0.15) is 0 Å². The molecule has 29 heavy (non-hydrogen) atoms. The molecular weight excluding hydrogens is 514 g/mol. The third-order valence-electron chi connectivity index (χ3n) is 5.91. The van der Waals surface area contributed by atoms with Crippen molar-refractivity contribution in [1.82, 2.24) is 0 Å². The van der Waals surface area contributed by atoms with Crippen LogP contribution in [-0.2, 0) is 0 Å². The molecule has 0 atom stereocenters. The summed E-state index contributed by atoms with van der Waals surface area (Å²) in [6.45, 7) is 15.6. The van der Waals surface area contributed by atoms with Gasteiger partial charge in [0.05, 0.1) is 0 Å². The van der Waals surface area contributed by atoms with E-state index >= 15 is 0 Å². The number of benzene rings is 3. The van der Waals surface area contributed by atoms with E-state index < -0.39 is 20.4 Å². The molecule has 0 unspecified atom stereocenters. The molecule has 0 aliphatic rings. The fourth-order valence-electron chi connectivity index (χ4n) is 5.81. The van der Waals surface area contributed by atoms with Crippen LogP contribution in [0.25, 0.3) is 0 Å². The van der Waals surface area contributed by atoms with E-state index in [1.54, 1.807) is 0 Å². The van der Waals surface area contributed by atoms with E-state index in [2.05, 4.69) is 152 Å². The van der Waals surface area contributed by atoms with E-state index in [0.717, 1.165) is 0 Å². The number of hydrogen-bond acceptors (Lipinski definition) is 0. The second-order valence-electron chi connectivity index (χ2n) is 10.2. The van der Waals surface area contributed by atoms with Gasteiger partial charge in [0.2, 0.25) is 0 Å². The van der Waals surface area contributed by atoms with Gasteiger partial charge in [-0.2, -0.15) is 0 Å². The van der Waals surface area contributed by atoms with Crippen molar-refractivity contribution < 1.29 is 0 Å². The van der Waals surface area contributed by atoms with Crippen LogP contribution in [-0.4, -0.2) is 21.1 Å². The van der Waals surface area contributed by atoms with Crippen LogP contribution >= 0.6 is 26.3 Å². The molecule has 0 nitrogen and oxygen atoms in total. The van der Waals surface area contributed by atoms with Crippen LogP contribution in [0.4, 0.5) is 0 Å². The number of hydrogen-bond donors (Lipinski definition) is 0. The number of halogens is 1. The third-order valence-corrected chi connectivity index (χ3v) is 36.9. The van der Waals surface area contributed by atoms with E-state index in [1.165, 1.54) is 15.9 Å². The van der Waals surface area contributed by atoms with E-state index in [0.29, 0.717) is 4.91 Å². The van der Waals surface area contributed by atoms with Gasteiger partial charge in [-0.05, 0) is 0 Å². The standard InChI is InChI=1S/C25H34IPSi2/c1-28(2,3)25(29(4,5)6)27(26,22-16-10-7-11-17-22,23-18-12-8-13-19-23)24-20-14-9-15-21-24/h7-21,25H,1-6H3. The maximum absolute atomic E-state index is 3.02. The molecule has 0 bridgehead atoms. The summed E-state index contributed by atoms with van der Waals surface area (Å²) in [6, 6.07) is 34.4. The zero-order valence-electron chi connectivity index (χ0n) is 18.6. The number of rotatable bonds is 6. The van der Waals surface area contributed by atoms with Gasteiger partial charge < -0.3 is 0 Å². The average molecular weight is 549 g/mol. The van der Waals surface area contributed by atoms with Crippen molar-refractivity contribution in [2.45, 2.75) is 44.2 Å². The first-order valence-corrected chi connectivity index (χ1v) is 22.7. The minimum absolute atomic E-state index is 0.716. The van der Waals surface area contributed by atoms with Crippen LogP contribution in [0.3, 0.4) is 0 Å². The summed E-state index contributed by atoms with van der Waals surface area (Å²) < 4.78 is -2.76. The normalized spacial score (nSPS) is 14.4. The topological polar surface area (TPSA) is 0 Å². The summed E-state index contributed by atoms with van der Waals surface area (Å²) in [4.78, 5) is 0.716. The zero-order chi connectivity index (χ0) is 21.4. The second kappa shape index (κ2) is 8.07. The van der Waals surface area contributed by atoms with Gasteiger partial charge in [0.1, 0.15) is 0 Å². The van der Waals surface area contributed by atoms with Crippen molar-refractivity contribution in [3.63, 3.8) is 0 Å². The van der Waals surface area contributed by atoms with Gasteiger partial charge in [-0.25, -0.2) is 0 Å². The maximum atomic E-state index is 3.02. The predicted octanol–water partition coefficient (Wildman–Crippen LogP) is 6.99. The molecule has 0 radical (unpaired) electrons. The molecule has 3 aromatic carbocycles. The van der Waals surface area contributed by atoms with Gasteiger partial charge in [0, 0.05) is 0 Å². The van der Waals surface area contributed by atoms with Crippen LogP contribution in [0.15, 0.2) is 91.0 Å². The van der Waals surface area contributed by atoms with E-state index in [4.69, 9.17) is 0 Å². The Hall–Kier alpha value is -0.746. The molecule has 0 N–H and O–H groups in total. The van der Waals surface area contributed by atoms with Gasteiger partial charge in [-0.3, -0.25) is 0 Å². The molecule has 0 aromatic heterocycles. The van der Waals surface area contributed by atoms with Gasteiger partial charge in [-0.15, -0.1) is 0 Å². The summed E-state index contributed by atoms with van der Waals surface area (Å²) in [7, 11) is -3.13. The van der Waals surface area contributed by atoms with Gasteiger partial charge in [0.25, 0.3) is 0 Å². The van der Waals surface area contributed by atoms with Crippen molar-refractivity contribution in [3.05, 3.63) is 91.0 Å². The first-order valence-electron chi connectivity index (χ1n) is 10.4. The van der Waals surface area contributed by atoms with Crippen LogP contribution in [0, 0.1) is 0 Å². The predicted molar refractivity (Wildman–Crippen MR) is 150 cm³/mol. The third kappa shape index (κ3) is 3.84. The molecule has 0 heterocycles. The molecule has 154 valence electrons. The quantitative estimate of drug-likeness (QED) is 0.177. The first-order chi connectivity index (χ1) is 13.5. The summed E-state index contributed by atoms with van der Waals surface area (Å²) in [6.07, 6.45) is 0. The van der Waals surface area contributed by atoms with Crippen LogP contribution < -0.4 is 15.9 Å². The molecule has 0 fully saturated rings. The average Bonchev–Trinajstić information content (AvgIpc) is 2.68. The minimum atomic E-state index is -2.76. The molecule has 4 heteroatoms. The van der Waals surface area contributed by atoms with Gasteiger partial charge in [-0.1, -0.05) is 0 Å². The Balaban J connectivity index is 2.63. The Morgan fingerprint density at radius 3 is 0.966 bits per heavy atom. The molecule has 0 aliphatic heterocycles. The SMILES string of the molecule is C[Si](C)(C)C([Si](C)(C)C)P(I)(c1ccccc1)(c1ccccc1)c1ccccc1. The van der Waals surface area contributed by atoms with Crippen molar-refractivity contribution >= 4 is 58.3 Å². The van der Waals surface area contributed by atoms with Crippen molar-refractivity contribution in [2.24, 2.45) is 0 Å². The molecule has 0 amide bonds. The molecule has 3 aromatic rings. The second-order valence-corrected chi connectivity index (χ2v) is 32.6. The molecule has 3 rings (SSSR count). The Labute approximate surface area is 192 Å². The van der Waals surface area contributed by atoms with E-state index in [-0.39, 0.29) is 0 Å². The summed E-state index contributed by atoms with van der Waals surface area (Å²) in [5.74, 6) is 0. The molecule has 0 spiro atoms.